The average Bonchev–Trinajstić information content (AvgIpc) is 2.92. The first-order valence-corrected chi connectivity index (χ1v) is 8.41. The third-order valence-corrected chi connectivity index (χ3v) is 5.97. The minimum atomic E-state index is 0.239. The van der Waals surface area contributed by atoms with Crippen molar-refractivity contribution in [3.63, 3.8) is 0 Å². The molecular weight excluding hydrogens is 252 g/mol. The molecule has 2 N–H and O–H groups in total. The molecule has 1 atom stereocenters. The Balaban J connectivity index is 2.01. The second-order valence-corrected chi connectivity index (χ2v) is 7.39. The van der Waals surface area contributed by atoms with E-state index in [4.69, 9.17) is 5.73 Å². The molecule has 1 saturated carbocycles. The van der Waals surface area contributed by atoms with Crippen LogP contribution in [0.1, 0.15) is 44.4 Å². The summed E-state index contributed by atoms with van der Waals surface area (Å²) in [5.41, 5.74) is 6.40. The quantitative estimate of drug-likeness (QED) is 0.894. The smallest absolute Gasteiger partial charge is 0.0331 e. The molecule has 0 radical (unpaired) electrons. The van der Waals surface area contributed by atoms with Crippen LogP contribution in [-0.2, 0) is 6.42 Å². The molecule has 0 aromatic carbocycles. The number of thiophene rings is 1. The van der Waals surface area contributed by atoms with Crippen LogP contribution < -0.4 is 5.73 Å². The molecule has 1 aliphatic carbocycles. The Labute approximate surface area is 122 Å². The Morgan fingerprint density at radius 1 is 1.47 bits per heavy atom. The summed E-state index contributed by atoms with van der Waals surface area (Å²) in [6, 6.07) is 4.96. The van der Waals surface area contributed by atoms with Gasteiger partial charge in [0.25, 0.3) is 0 Å². The van der Waals surface area contributed by atoms with E-state index in [9.17, 15) is 0 Å². The lowest BCUT2D eigenvalue weighted by atomic mass is 9.75. The predicted octanol–water partition coefficient (Wildman–Crippen LogP) is 3.52. The second kappa shape index (κ2) is 6.38. The number of nitrogens with zero attached hydrogens (tertiary/aromatic N) is 1. The first kappa shape index (κ1) is 15.0. The third kappa shape index (κ3) is 3.39. The molecule has 1 aliphatic rings. The molecule has 1 aromatic rings. The molecule has 1 unspecified atom stereocenters. The SMILES string of the molecule is CC1CCC(CN)(N(C)C(C)Cc2cccs2)CC1. The largest absolute Gasteiger partial charge is 0.329 e. The molecule has 3 heteroatoms. The van der Waals surface area contributed by atoms with Gasteiger partial charge in [-0.1, -0.05) is 13.0 Å². The number of nitrogens with two attached hydrogens (primary N) is 1. The van der Waals surface area contributed by atoms with Gasteiger partial charge in [0.1, 0.15) is 0 Å². The Morgan fingerprint density at radius 2 is 2.16 bits per heavy atom. The lowest BCUT2D eigenvalue weighted by molar-refractivity contribution is 0.0383. The molecule has 0 spiro atoms. The topological polar surface area (TPSA) is 29.3 Å². The summed E-state index contributed by atoms with van der Waals surface area (Å²) in [6.45, 7) is 5.51. The van der Waals surface area contributed by atoms with Crippen LogP contribution in [0.15, 0.2) is 17.5 Å². The van der Waals surface area contributed by atoms with E-state index in [1.807, 2.05) is 11.3 Å². The maximum atomic E-state index is 6.16. The summed E-state index contributed by atoms with van der Waals surface area (Å²) >= 11 is 1.86. The van der Waals surface area contributed by atoms with Crippen molar-refractivity contribution in [3.05, 3.63) is 22.4 Å². The van der Waals surface area contributed by atoms with Crippen molar-refractivity contribution < 1.29 is 0 Å². The third-order valence-electron chi connectivity index (χ3n) is 5.07. The number of hydrogen-bond donors (Lipinski definition) is 1. The first-order chi connectivity index (χ1) is 9.07. The van der Waals surface area contributed by atoms with Gasteiger partial charge in [0.15, 0.2) is 0 Å². The summed E-state index contributed by atoms with van der Waals surface area (Å²) in [6.07, 6.45) is 6.32. The molecular formula is C16H28N2S. The highest BCUT2D eigenvalue weighted by molar-refractivity contribution is 7.09. The Hall–Kier alpha value is -0.380. The van der Waals surface area contributed by atoms with Crippen molar-refractivity contribution >= 4 is 11.3 Å². The highest BCUT2D eigenvalue weighted by Gasteiger charge is 2.38. The number of hydrogen-bond acceptors (Lipinski definition) is 3. The van der Waals surface area contributed by atoms with Gasteiger partial charge >= 0.3 is 0 Å². The van der Waals surface area contributed by atoms with Crippen molar-refractivity contribution in [1.82, 2.24) is 4.90 Å². The van der Waals surface area contributed by atoms with Crippen LogP contribution in [0, 0.1) is 5.92 Å². The maximum Gasteiger partial charge on any atom is 0.0331 e. The van der Waals surface area contributed by atoms with E-state index < -0.39 is 0 Å². The zero-order chi connectivity index (χ0) is 13.9. The lowest BCUT2D eigenvalue weighted by Crippen LogP contribution is -2.57. The van der Waals surface area contributed by atoms with Crippen LogP contribution in [0.2, 0.25) is 0 Å². The minimum Gasteiger partial charge on any atom is -0.329 e. The normalized spacial score (nSPS) is 29.6. The zero-order valence-corrected chi connectivity index (χ0v) is 13.4. The van der Waals surface area contributed by atoms with Gasteiger partial charge in [-0.3, -0.25) is 4.90 Å². The first-order valence-electron chi connectivity index (χ1n) is 7.53. The Morgan fingerprint density at radius 3 is 2.68 bits per heavy atom. The van der Waals surface area contributed by atoms with E-state index >= 15 is 0 Å². The number of likely N-dealkylation sites (N-methyl/N-ethyl adjacent to an activating group) is 1. The summed E-state index contributed by atoms with van der Waals surface area (Å²) in [5.74, 6) is 0.876. The van der Waals surface area contributed by atoms with Gasteiger partial charge in [0.05, 0.1) is 0 Å². The molecule has 19 heavy (non-hydrogen) atoms. The summed E-state index contributed by atoms with van der Waals surface area (Å²) in [5, 5.41) is 2.17. The average molecular weight is 280 g/mol. The molecule has 2 rings (SSSR count). The molecule has 1 fully saturated rings. The van der Waals surface area contributed by atoms with Crippen LogP contribution in [-0.4, -0.2) is 30.1 Å². The van der Waals surface area contributed by atoms with E-state index in [1.54, 1.807) is 0 Å². The van der Waals surface area contributed by atoms with Gasteiger partial charge in [-0.2, -0.15) is 0 Å². The molecule has 0 bridgehead atoms. The number of rotatable bonds is 5. The van der Waals surface area contributed by atoms with E-state index in [2.05, 4.69) is 43.3 Å². The van der Waals surface area contributed by atoms with Crippen molar-refractivity contribution in [2.45, 2.75) is 57.5 Å². The molecule has 0 amide bonds. The van der Waals surface area contributed by atoms with Crippen LogP contribution >= 0.6 is 11.3 Å². The molecule has 108 valence electrons. The van der Waals surface area contributed by atoms with E-state index in [0.717, 1.165) is 18.9 Å². The lowest BCUT2D eigenvalue weighted by Gasteiger charge is -2.48. The Kier molecular flexibility index (Phi) is 5.04. The Bertz CT molecular complexity index is 366. The van der Waals surface area contributed by atoms with Gasteiger partial charge in [0.2, 0.25) is 0 Å². The van der Waals surface area contributed by atoms with Gasteiger partial charge in [-0.05, 0) is 63.4 Å². The summed E-state index contributed by atoms with van der Waals surface area (Å²) < 4.78 is 0. The highest BCUT2D eigenvalue weighted by Crippen LogP contribution is 2.36. The van der Waals surface area contributed by atoms with Gasteiger partial charge in [-0.15, -0.1) is 11.3 Å². The van der Waals surface area contributed by atoms with E-state index in [0.29, 0.717) is 6.04 Å². The van der Waals surface area contributed by atoms with Crippen molar-refractivity contribution in [1.29, 1.82) is 0 Å². The van der Waals surface area contributed by atoms with Crippen LogP contribution in [0.4, 0.5) is 0 Å². The fourth-order valence-corrected chi connectivity index (χ4v) is 4.15. The van der Waals surface area contributed by atoms with Crippen molar-refractivity contribution in [2.24, 2.45) is 11.7 Å². The second-order valence-electron chi connectivity index (χ2n) is 6.35. The van der Waals surface area contributed by atoms with Crippen molar-refractivity contribution in [2.75, 3.05) is 13.6 Å². The maximum absolute atomic E-state index is 6.16. The standard InChI is InChI=1S/C16H28N2S/c1-13-6-8-16(12-17,9-7-13)18(3)14(2)11-15-5-4-10-19-15/h4-5,10,13-14H,6-9,11-12,17H2,1-3H3. The fourth-order valence-electron chi connectivity index (χ4n) is 3.32. The molecule has 2 nitrogen and oxygen atoms in total. The van der Waals surface area contributed by atoms with E-state index in [-0.39, 0.29) is 5.54 Å². The van der Waals surface area contributed by atoms with Crippen LogP contribution in [0.5, 0.6) is 0 Å². The zero-order valence-electron chi connectivity index (χ0n) is 12.6. The highest BCUT2D eigenvalue weighted by atomic mass is 32.1. The molecule has 1 aromatic heterocycles. The van der Waals surface area contributed by atoms with Crippen LogP contribution in [0.3, 0.4) is 0 Å². The van der Waals surface area contributed by atoms with E-state index in [1.165, 1.54) is 30.6 Å². The monoisotopic (exact) mass is 280 g/mol. The van der Waals surface area contributed by atoms with Gasteiger partial charge in [-0.25, -0.2) is 0 Å². The van der Waals surface area contributed by atoms with Gasteiger partial charge < -0.3 is 5.73 Å². The summed E-state index contributed by atoms with van der Waals surface area (Å²) in [4.78, 5) is 4.05. The van der Waals surface area contributed by atoms with Crippen molar-refractivity contribution in [3.8, 4) is 0 Å². The fraction of sp³-hybridized carbons (Fsp3) is 0.750. The predicted molar refractivity (Wildman–Crippen MR) is 84.7 cm³/mol. The van der Waals surface area contributed by atoms with Gasteiger partial charge in [0, 0.05) is 23.0 Å². The van der Waals surface area contributed by atoms with Crippen LogP contribution in [0.25, 0.3) is 0 Å². The molecule has 0 saturated heterocycles. The molecule has 0 aliphatic heterocycles. The minimum absolute atomic E-state index is 0.239. The molecule has 1 heterocycles. The summed E-state index contributed by atoms with van der Waals surface area (Å²) in [7, 11) is 2.28.